The third-order valence-electron chi connectivity index (χ3n) is 5.64. The van der Waals surface area contributed by atoms with Gasteiger partial charge >= 0.3 is 0 Å². The number of fused-ring (bicyclic) bond motifs is 2. The highest BCUT2D eigenvalue weighted by Gasteiger charge is 2.20. The topological polar surface area (TPSA) is 51.2 Å². The largest absolute Gasteiger partial charge is 0.492 e. The quantitative estimate of drug-likeness (QED) is 0.696. The minimum Gasteiger partial charge on any atom is -0.492 e. The molecule has 3 aromatic carbocycles. The fourth-order valence-corrected chi connectivity index (χ4v) is 4.06. The average Bonchev–Trinajstić information content (AvgIpc) is 3.13. The fraction of sp³-hybridized carbons (Fsp3) is 0.280. The predicted octanol–water partition coefficient (Wildman–Crippen LogP) is 4.09. The lowest BCUT2D eigenvalue weighted by Gasteiger charge is -2.20. The van der Waals surface area contributed by atoms with E-state index in [0.29, 0.717) is 13.0 Å². The molecule has 0 saturated carbocycles. The number of aliphatic hydroxyl groups is 1. The third-order valence-corrected chi connectivity index (χ3v) is 5.64. The maximum Gasteiger partial charge on any atom is 0.231 e. The third kappa shape index (κ3) is 4.13. The standard InChI is InChI=1S/C25H25NO4/c27-22(12-18-4-2-1-3-5-18)20-7-9-23-21(14-20)16-26(10-11-28-23)15-19-6-8-24-25(13-19)30-17-29-24/h1-9,13-14,22,27H,10-12,15-17H2/t22-/m0/s1. The van der Waals surface area contributed by atoms with Crippen molar-refractivity contribution < 1.29 is 19.3 Å². The highest BCUT2D eigenvalue weighted by atomic mass is 16.7. The molecule has 0 bridgehead atoms. The molecule has 2 aliphatic rings. The summed E-state index contributed by atoms with van der Waals surface area (Å²) in [6.07, 6.45) is 0.0600. The summed E-state index contributed by atoms with van der Waals surface area (Å²) in [5.41, 5.74) is 4.34. The van der Waals surface area contributed by atoms with Crippen LogP contribution in [0.25, 0.3) is 0 Å². The number of nitrogens with zero attached hydrogens (tertiary/aromatic N) is 1. The second kappa shape index (κ2) is 8.38. The van der Waals surface area contributed by atoms with Crippen molar-refractivity contribution in [3.8, 4) is 17.2 Å². The van der Waals surface area contributed by atoms with Gasteiger partial charge in [-0.3, -0.25) is 4.90 Å². The van der Waals surface area contributed by atoms with E-state index in [1.165, 1.54) is 5.56 Å². The molecule has 0 amide bonds. The minimum atomic E-state index is -0.539. The van der Waals surface area contributed by atoms with Gasteiger partial charge in [0.05, 0.1) is 6.10 Å². The molecule has 30 heavy (non-hydrogen) atoms. The smallest absolute Gasteiger partial charge is 0.231 e. The molecule has 0 radical (unpaired) electrons. The van der Waals surface area contributed by atoms with E-state index in [1.807, 2.05) is 48.5 Å². The van der Waals surface area contributed by atoms with Gasteiger partial charge in [-0.2, -0.15) is 0 Å². The van der Waals surface area contributed by atoms with Crippen molar-refractivity contribution in [2.75, 3.05) is 19.9 Å². The Kier molecular flexibility index (Phi) is 5.30. The molecule has 5 heteroatoms. The van der Waals surface area contributed by atoms with Gasteiger partial charge in [0.25, 0.3) is 0 Å². The van der Waals surface area contributed by atoms with Crippen molar-refractivity contribution in [2.45, 2.75) is 25.6 Å². The van der Waals surface area contributed by atoms with Crippen molar-refractivity contribution >= 4 is 0 Å². The summed E-state index contributed by atoms with van der Waals surface area (Å²) in [5, 5.41) is 10.8. The van der Waals surface area contributed by atoms with E-state index in [1.54, 1.807) is 0 Å². The summed E-state index contributed by atoms with van der Waals surface area (Å²) in [4.78, 5) is 2.36. The van der Waals surface area contributed by atoms with E-state index in [4.69, 9.17) is 14.2 Å². The van der Waals surface area contributed by atoms with Crippen LogP contribution in [0, 0.1) is 0 Å². The van der Waals surface area contributed by atoms with E-state index in [2.05, 4.69) is 23.1 Å². The first-order valence-electron chi connectivity index (χ1n) is 10.3. The minimum absolute atomic E-state index is 0.289. The molecule has 5 nitrogen and oxygen atoms in total. The van der Waals surface area contributed by atoms with Crippen LogP contribution in [0.4, 0.5) is 0 Å². The second-order valence-corrected chi connectivity index (χ2v) is 7.82. The zero-order valence-corrected chi connectivity index (χ0v) is 16.8. The van der Waals surface area contributed by atoms with Gasteiger partial charge in [0.1, 0.15) is 12.4 Å². The van der Waals surface area contributed by atoms with Crippen molar-refractivity contribution in [1.29, 1.82) is 0 Å². The van der Waals surface area contributed by atoms with Crippen LogP contribution >= 0.6 is 0 Å². The first-order valence-corrected chi connectivity index (χ1v) is 10.3. The molecule has 0 aromatic heterocycles. The SMILES string of the molecule is O[C@@H](Cc1ccccc1)c1ccc2c(c1)CN(Cc1ccc3c(c1)OCO3)CCO2. The van der Waals surface area contributed by atoms with E-state index in [9.17, 15) is 5.11 Å². The molecule has 0 spiro atoms. The van der Waals surface area contributed by atoms with Gasteiger partial charge in [-0.25, -0.2) is 0 Å². The highest BCUT2D eigenvalue weighted by Crippen LogP contribution is 2.33. The summed E-state index contributed by atoms with van der Waals surface area (Å²) in [6, 6.07) is 22.2. The second-order valence-electron chi connectivity index (χ2n) is 7.82. The molecule has 5 rings (SSSR count). The number of rotatable bonds is 5. The Morgan fingerprint density at radius 3 is 2.57 bits per heavy atom. The molecule has 2 aliphatic heterocycles. The van der Waals surface area contributed by atoms with Gasteiger partial charge in [-0.05, 0) is 41.0 Å². The Morgan fingerprint density at radius 1 is 0.833 bits per heavy atom. The summed E-state index contributed by atoms with van der Waals surface area (Å²) in [6.45, 7) is 3.35. The summed E-state index contributed by atoms with van der Waals surface area (Å²) in [7, 11) is 0. The van der Waals surface area contributed by atoms with Crippen molar-refractivity contribution in [3.63, 3.8) is 0 Å². The Hall–Kier alpha value is -3.02. The van der Waals surface area contributed by atoms with Crippen LogP contribution in [-0.2, 0) is 19.5 Å². The molecule has 0 unspecified atom stereocenters. The van der Waals surface area contributed by atoms with Crippen LogP contribution < -0.4 is 14.2 Å². The molecule has 1 atom stereocenters. The lowest BCUT2D eigenvalue weighted by Crippen LogP contribution is -2.25. The molecule has 154 valence electrons. The van der Waals surface area contributed by atoms with Gasteiger partial charge < -0.3 is 19.3 Å². The van der Waals surface area contributed by atoms with Crippen molar-refractivity contribution in [3.05, 3.63) is 89.0 Å². The van der Waals surface area contributed by atoms with Gasteiger partial charge in [-0.1, -0.05) is 42.5 Å². The van der Waals surface area contributed by atoms with Crippen LogP contribution in [0.3, 0.4) is 0 Å². The molecule has 0 fully saturated rings. The zero-order valence-electron chi connectivity index (χ0n) is 16.8. The summed E-state index contributed by atoms with van der Waals surface area (Å²) in [5.74, 6) is 2.52. The molecule has 3 aromatic rings. The number of hydrogen-bond acceptors (Lipinski definition) is 5. The van der Waals surface area contributed by atoms with Crippen LogP contribution in [0.15, 0.2) is 66.7 Å². The summed E-state index contributed by atoms with van der Waals surface area (Å²) < 4.78 is 16.9. The monoisotopic (exact) mass is 403 g/mol. The lowest BCUT2D eigenvalue weighted by molar-refractivity contribution is 0.173. The normalized spacial score (nSPS) is 16.4. The number of benzene rings is 3. The average molecular weight is 403 g/mol. The molecular formula is C25H25NO4. The Balaban J connectivity index is 1.31. The van der Waals surface area contributed by atoms with Crippen molar-refractivity contribution in [2.24, 2.45) is 0 Å². The van der Waals surface area contributed by atoms with Gasteiger partial charge in [0, 0.05) is 31.6 Å². The zero-order chi connectivity index (χ0) is 20.3. The number of hydrogen-bond donors (Lipinski definition) is 1. The van der Waals surface area contributed by atoms with Gasteiger partial charge in [0.2, 0.25) is 6.79 Å². The number of ether oxygens (including phenoxy) is 3. The maximum absolute atomic E-state index is 10.8. The highest BCUT2D eigenvalue weighted by molar-refractivity contribution is 5.44. The summed E-state index contributed by atoms with van der Waals surface area (Å²) >= 11 is 0. The van der Waals surface area contributed by atoms with Crippen LogP contribution in [0.2, 0.25) is 0 Å². The van der Waals surface area contributed by atoms with Crippen molar-refractivity contribution in [1.82, 2.24) is 4.90 Å². The molecular weight excluding hydrogens is 378 g/mol. The first-order chi connectivity index (χ1) is 14.7. The van der Waals surface area contributed by atoms with Gasteiger partial charge in [0.15, 0.2) is 11.5 Å². The molecule has 0 saturated heterocycles. The fourth-order valence-electron chi connectivity index (χ4n) is 4.06. The van der Waals surface area contributed by atoms with Crippen LogP contribution in [-0.4, -0.2) is 30.0 Å². The van der Waals surface area contributed by atoms with E-state index in [-0.39, 0.29) is 6.79 Å². The van der Waals surface area contributed by atoms with Crippen LogP contribution in [0.5, 0.6) is 17.2 Å². The Morgan fingerprint density at radius 2 is 1.67 bits per heavy atom. The van der Waals surface area contributed by atoms with Crippen LogP contribution in [0.1, 0.15) is 28.4 Å². The van der Waals surface area contributed by atoms with E-state index >= 15 is 0 Å². The Labute approximate surface area is 176 Å². The molecule has 0 aliphatic carbocycles. The van der Waals surface area contributed by atoms with Gasteiger partial charge in [-0.15, -0.1) is 0 Å². The lowest BCUT2D eigenvalue weighted by atomic mass is 9.99. The first kappa shape index (κ1) is 19.0. The molecule has 1 N–H and O–H groups in total. The number of aliphatic hydroxyl groups excluding tert-OH is 1. The molecule has 2 heterocycles. The van der Waals surface area contributed by atoms with E-state index in [0.717, 1.165) is 53.6 Å². The predicted molar refractivity (Wildman–Crippen MR) is 114 cm³/mol. The van der Waals surface area contributed by atoms with E-state index < -0.39 is 6.10 Å². The maximum atomic E-state index is 10.8. The Bertz CT molecular complexity index is 1020.